The summed E-state index contributed by atoms with van der Waals surface area (Å²) in [4.78, 5) is 28.1. The number of nitrogens with zero attached hydrogens (tertiary/aromatic N) is 3. The van der Waals surface area contributed by atoms with Gasteiger partial charge in [-0.2, -0.15) is 0 Å². The monoisotopic (exact) mass is 342 g/mol. The molecule has 3 aromatic rings. The van der Waals surface area contributed by atoms with Gasteiger partial charge in [0.1, 0.15) is 5.82 Å². The molecule has 1 aromatic carbocycles. The van der Waals surface area contributed by atoms with Crippen LogP contribution in [0.2, 0.25) is 0 Å². The lowest BCUT2D eigenvalue weighted by atomic mass is 10.2. The second-order valence-corrected chi connectivity index (χ2v) is 6.81. The van der Waals surface area contributed by atoms with E-state index in [0.717, 1.165) is 28.2 Å². The molecule has 0 aliphatic rings. The number of esters is 1. The van der Waals surface area contributed by atoms with Gasteiger partial charge in [0.05, 0.1) is 29.3 Å². The first-order valence-electron chi connectivity index (χ1n) is 7.68. The Bertz CT molecular complexity index is 861. The van der Waals surface area contributed by atoms with Crippen molar-refractivity contribution in [2.24, 2.45) is 0 Å². The van der Waals surface area contributed by atoms with E-state index in [9.17, 15) is 4.79 Å². The van der Waals surface area contributed by atoms with E-state index >= 15 is 0 Å². The number of aromatic nitrogens is 4. The Morgan fingerprint density at radius 2 is 2.08 bits per heavy atom. The molecule has 1 N–H and O–H groups in total. The maximum atomic E-state index is 11.6. The third-order valence-electron chi connectivity index (χ3n) is 3.69. The van der Waals surface area contributed by atoms with Crippen molar-refractivity contribution in [1.29, 1.82) is 0 Å². The molecule has 2 aromatic heterocycles. The highest BCUT2D eigenvalue weighted by molar-refractivity contribution is 7.99. The second-order valence-electron chi connectivity index (χ2n) is 5.40. The molecule has 0 fully saturated rings. The minimum absolute atomic E-state index is 0.372. The molecule has 1 atom stereocenters. The average molecular weight is 342 g/mol. The van der Waals surface area contributed by atoms with E-state index in [0.29, 0.717) is 16.6 Å². The average Bonchev–Trinajstić information content (AvgIpc) is 3.04. The van der Waals surface area contributed by atoms with Gasteiger partial charge in [-0.3, -0.25) is 0 Å². The van der Waals surface area contributed by atoms with Gasteiger partial charge < -0.3 is 9.72 Å². The van der Waals surface area contributed by atoms with Crippen LogP contribution in [-0.4, -0.2) is 38.3 Å². The Kier molecular flexibility index (Phi) is 4.80. The fourth-order valence-corrected chi connectivity index (χ4v) is 2.91. The third kappa shape index (κ3) is 3.41. The quantitative estimate of drug-likeness (QED) is 0.433. The number of aromatic amines is 1. The molecule has 3 rings (SSSR count). The number of methoxy groups -OCH3 is 1. The van der Waals surface area contributed by atoms with E-state index in [1.165, 1.54) is 7.11 Å². The molecular formula is C17H18N4O2S. The summed E-state index contributed by atoms with van der Waals surface area (Å²) in [5.41, 5.74) is 2.83. The molecule has 124 valence electrons. The first-order valence-corrected chi connectivity index (χ1v) is 8.55. The summed E-state index contributed by atoms with van der Waals surface area (Å²) < 4.78 is 4.74. The molecule has 6 nitrogen and oxygen atoms in total. The molecule has 0 radical (unpaired) electrons. The summed E-state index contributed by atoms with van der Waals surface area (Å²) in [6, 6.07) is 5.21. The number of rotatable bonds is 5. The number of carbonyl (C=O) groups excluding carboxylic acids is 1. The number of carbonyl (C=O) groups is 1. The highest BCUT2D eigenvalue weighted by Gasteiger charge is 2.11. The molecule has 0 saturated heterocycles. The predicted molar refractivity (Wildman–Crippen MR) is 94.1 cm³/mol. The van der Waals surface area contributed by atoms with Gasteiger partial charge in [0.15, 0.2) is 5.16 Å². The van der Waals surface area contributed by atoms with Crippen LogP contribution in [0.25, 0.3) is 22.4 Å². The summed E-state index contributed by atoms with van der Waals surface area (Å²) in [6.45, 7) is 4.29. The van der Waals surface area contributed by atoms with Crippen molar-refractivity contribution in [2.45, 2.75) is 30.7 Å². The van der Waals surface area contributed by atoms with Gasteiger partial charge in [0.25, 0.3) is 0 Å². The Morgan fingerprint density at radius 3 is 2.75 bits per heavy atom. The van der Waals surface area contributed by atoms with Crippen LogP contribution in [0.1, 0.15) is 30.6 Å². The van der Waals surface area contributed by atoms with Gasteiger partial charge in [-0.25, -0.2) is 19.7 Å². The van der Waals surface area contributed by atoms with Crippen molar-refractivity contribution in [3.05, 3.63) is 36.2 Å². The number of benzene rings is 1. The van der Waals surface area contributed by atoms with Crippen molar-refractivity contribution in [1.82, 2.24) is 19.9 Å². The number of hydrogen-bond donors (Lipinski definition) is 1. The molecule has 0 aliphatic carbocycles. The van der Waals surface area contributed by atoms with Gasteiger partial charge in [-0.1, -0.05) is 25.6 Å². The number of ether oxygens (including phenoxy) is 1. The molecule has 7 heteroatoms. The van der Waals surface area contributed by atoms with Crippen LogP contribution in [-0.2, 0) is 4.74 Å². The van der Waals surface area contributed by atoms with E-state index < -0.39 is 0 Å². The standard InChI is InChI=1S/C17H18N4O2S/c1-4-10(2)24-17-18-8-12(9-19-17)15-20-13-6-5-11(16(22)23-3)7-14(13)21-15/h5-10H,4H2,1-3H3,(H,20,21)/t10-/m1/s1. The number of fused-ring (bicyclic) bond motifs is 1. The Balaban J connectivity index is 1.87. The van der Waals surface area contributed by atoms with Crippen molar-refractivity contribution >= 4 is 28.8 Å². The molecule has 0 aliphatic heterocycles. The van der Waals surface area contributed by atoms with E-state index in [1.807, 2.05) is 0 Å². The second kappa shape index (κ2) is 7.00. The first-order chi connectivity index (χ1) is 11.6. The van der Waals surface area contributed by atoms with Crippen LogP contribution in [0.4, 0.5) is 0 Å². The Hall–Kier alpha value is -2.41. The topological polar surface area (TPSA) is 80.8 Å². The lowest BCUT2D eigenvalue weighted by Gasteiger charge is -2.05. The summed E-state index contributed by atoms with van der Waals surface area (Å²) >= 11 is 1.66. The van der Waals surface area contributed by atoms with E-state index in [4.69, 9.17) is 4.74 Å². The number of imidazole rings is 1. The number of nitrogens with one attached hydrogen (secondary N) is 1. The zero-order valence-corrected chi connectivity index (χ0v) is 14.6. The molecule has 0 unspecified atom stereocenters. The zero-order valence-electron chi connectivity index (χ0n) is 13.7. The fourth-order valence-electron chi connectivity index (χ4n) is 2.15. The molecule has 0 saturated carbocycles. The summed E-state index contributed by atoms with van der Waals surface area (Å²) in [5, 5.41) is 1.25. The Labute approximate surface area is 144 Å². The van der Waals surface area contributed by atoms with Crippen LogP contribution in [0.5, 0.6) is 0 Å². The van der Waals surface area contributed by atoms with E-state index in [2.05, 4.69) is 33.8 Å². The van der Waals surface area contributed by atoms with Gasteiger partial charge in [0, 0.05) is 17.6 Å². The third-order valence-corrected chi connectivity index (χ3v) is 4.84. The first kappa shape index (κ1) is 16.4. The number of H-pyrrole nitrogens is 1. The highest BCUT2D eigenvalue weighted by Crippen LogP contribution is 2.24. The lowest BCUT2D eigenvalue weighted by molar-refractivity contribution is 0.0601. The minimum atomic E-state index is -0.372. The van der Waals surface area contributed by atoms with Crippen molar-refractivity contribution in [2.75, 3.05) is 7.11 Å². The SMILES string of the molecule is CC[C@@H](C)Sc1ncc(-c2nc3ccc(C(=O)OC)cc3[nH]2)cn1. The van der Waals surface area contributed by atoms with Crippen molar-refractivity contribution in [3.63, 3.8) is 0 Å². The fraction of sp³-hybridized carbons (Fsp3) is 0.294. The molecule has 2 heterocycles. The van der Waals surface area contributed by atoms with Crippen LogP contribution < -0.4 is 0 Å². The van der Waals surface area contributed by atoms with Gasteiger partial charge in [-0.05, 0) is 24.6 Å². The lowest BCUT2D eigenvalue weighted by Crippen LogP contribution is -2.00. The van der Waals surface area contributed by atoms with Crippen molar-refractivity contribution < 1.29 is 9.53 Å². The van der Waals surface area contributed by atoms with E-state index in [-0.39, 0.29) is 5.97 Å². The van der Waals surface area contributed by atoms with Crippen LogP contribution in [0.3, 0.4) is 0 Å². The molecule has 0 amide bonds. The zero-order chi connectivity index (χ0) is 17.1. The number of hydrogen-bond acceptors (Lipinski definition) is 6. The van der Waals surface area contributed by atoms with Gasteiger partial charge >= 0.3 is 5.97 Å². The molecular weight excluding hydrogens is 324 g/mol. The molecule has 0 bridgehead atoms. The van der Waals surface area contributed by atoms with Gasteiger partial charge in [0.2, 0.25) is 0 Å². The smallest absolute Gasteiger partial charge is 0.337 e. The van der Waals surface area contributed by atoms with Crippen molar-refractivity contribution in [3.8, 4) is 11.4 Å². The highest BCUT2D eigenvalue weighted by atomic mass is 32.2. The minimum Gasteiger partial charge on any atom is -0.465 e. The van der Waals surface area contributed by atoms with Crippen LogP contribution >= 0.6 is 11.8 Å². The van der Waals surface area contributed by atoms with Crippen LogP contribution in [0.15, 0.2) is 35.7 Å². The van der Waals surface area contributed by atoms with Crippen LogP contribution in [0, 0.1) is 0 Å². The normalized spacial score (nSPS) is 12.3. The Morgan fingerprint density at radius 1 is 1.33 bits per heavy atom. The predicted octanol–water partition coefficient (Wildman–Crippen LogP) is 3.70. The largest absolute Gasteiger partial charge is 0.465 e. The molecule has 24 heavy (non-hydrogen) atoms. The van der Waals surface area contributed by atoms with Gasteiger partial charge in [-0.15, -0.1) is 0 Å². The molecule has 0 spiro atoms. The maximum absolute atomic E-state index is 11.6. The summed E-state index contributed by atoms with van der Waals surface area (Å²) in [6.07, 6.45) is 4.59. The van der Waals surface area contributed by atoms with E-state index in [1.54, 1.807) is 42.4 Å². The maximum Gasteiger partial charge on any atom is 0.337 e. The summed E-state index contributed by atoms with van der Waals surface area (Å²) in [7, 11) is 1.36. The summed E-state index contributed by atoms with van der Waals surface area (Å²) in [5.74, 6) is 0.301. The number of thioether (sulfide) groups is 1.